The first kappa shape index (κ1) is 15.1. The van der Waals surface area contributed by atoms with E-state index in [0.717, 1.165) is 6.61 Å². The summed E-state index contributed by atoms with van der Waals surface area (Å²) < 4.78 is 6.22. The van der Waals surface area contributed by atoms with E-state index in [2.05, 4.69) is 44.4 Å². The van der Waals surface area contributed by atoms with Crippen LogP contribution in [0.1, 0.15) is 61.3 Å². The van der Waals surface area contributed by atoms with E-state index in [1.165, 1.54) is 55.2 Å². The van der Waals surface area contributed by atoms with Gasteiger partial charge in [0.1, 0.15) is 0 Å². The topological polar surface area (TPSA) is 21.3 Å². The lowest BCUT2D eigenvalue weighted by molar-refractivity contribution is -0.0979. The average molecular weight is 287 g/mol. The zero-order valence-corrected chi connectivity index (χ0v) is 13.7. The van der Waals surface area contributed by atoms with Crippen LogP contribution < -0.4 is 5.32 Å². The third kappa shape index (κ3) is 2.89. The second-order valence-electron chi connectivity index (χ2n) is 7.06. The summed E-state index contributed by atoms with van der Waals surface area (Å²) in [5.41, 5.74) is 4.55. The molecule has 1 aliphatic heterocycles. The molecule has 0 amide bonds. The van der Waals surface area contributed by atoms with Crippen molar-refractivity contribution >= 4 is 0 Å². The van der Waals surface area contributed by atoms with Crippen LogP contribution in [0.15, 0.2) is 18.2 Å². The van der Waals surface area contributed by atoms with E-state index in [-0.39, 0.29) is 5.60 Å². The van der Waals surface area contributed by atoms with Crippen LogP contribution in [0.25, 0.3) is 0 Å². The minimum Gasteiger partial charge on any atom is -0.375 e. The molecule has 2 unspecified atom stereocenters. The Labute approximate surface area is 129 Å². The number of hydrogen-bond donors (Lipinski definition) is 1. The first-order valence-corrected chi connectivity index (χ1v) is 8.52. The van der Waals surface area contributed by atoms with Gasteiger partial charge in [-0.15, -0.1) is 0 Å². The van der Waals surface area contributed by atoms with Gasteiger partial charge in [0.25, 0.3) is 0 Å². The van der Waals surface area contributed by atoms with Crippen molar-refractivity contribution in [1.82, 2.24) is 5.32 Å². The molecule has 1 heterocycles. The Morgan fingerprint density at radius 2 is 1.86 bits per heavy atom. The molecule has 2 aliphatic rings. The van der Waals surface area contributed by atoms with Crippen LogP contribution in [0.3, 0.4) is 0 Å². The summed E-state index contributed by atoms with van der Waals surface area (Å²) in [7, 11) is 2.12. The van der Waals surface area contributed by atoms with Gasteiger partial charge in [0.15, 0.2) is 0 Å². The maximum Gasteiger partial charge on any atom is 0.0686 e. The van der Waals surface area contributed by atoms with Gasteiger partial charge >= 0.3 is 0 Å². The third-order valence-corrected chi connectivity index (χ3v) is 5.68. The Morgan fingerprint density at radius 3 is 2.48 bits per heavy atom. The highest BCUT2D eigenvalue weighted by Crippen LogP contribution is 2.45. The molecule has 3 rings (SSSR count). The SMILES string of the molecule is CNC(c1c(C)cccc1C)C1CCOC2(CCCC2)C1. The van der Waals surface area contributed by atoms with Gasteiger partial charge in [-0.25, -0.2) is 0 Å². The maximum absolute atomic E-state index is 6.22. The lowest BCUT2D eigenvalue weighted by Gasteiger charge is -2.42. The van der Waals surface area contributed by atoms with Crippen LogP contribution in [0, 0.1) is 19.8 Å². The first-order valence-electron chi connectivity index (χ1n) is 8.52. The third-order valence-electron chi connectivity index (χ3n) is 5.68. The molecule has 0 radical (unpaired) electrons. The first-order chi connectivity index (χ1) is 10.2. The quantitative estimate of drug-likeness (QED) is 0.894. The zero-order chi connectivity index (χ0) is 14.9. The second kappa shape index (κ2) is 6.10. The van der Waals surface area contributed by atoms with Crippen molar-refractivity contribution in [3.63, 3.8) is 0 Å². The predicted octanol–water partition coefficient (Wildman–Crippen LogP) is 4.30. The highest BCUT2D eigenvalue weighted by molar-refractivity contribution is 5.36. The number of rotatable bonds is 3. The number of aryl methyl sites for hydroxylation is 2. The molecule has 1 N–H and O–H groups in total. The predicted molar refractivity (Wildman–Crippen MR) is 87.6 cm³/mol. The number of hydrogen-bond acceptors (Lipinski definition) is 2. The van der Waals surface area contributed by atoms with Gasteiger partial charge in [-0.2, -0.15) is 0 Å². The summed E-state index contributed by atoms with van der Waals surface area (Å²) in [5, 5.41) is 3.62. The Bertz CT molecular complexity index is 470. The molecule has 2 heteroatoms. The molecule has 0 bridgehead atoms. The summed E-state index contributed by atoms with van der Waals surface area (Å²) in [6, 6.07) is 7.13. The van der Waals surface area contributed by atoms with E-state index in [1.807, 2.05) is 0 Å². The minimum atomic E-state index is 0.203. The van der Waals surface area contributed by atoms with Crippen molar-refractivity contribution in [3.8, 4) is 0 Å². The van der Waals surface area contributed by atoms with E-state index in [1.54, 1.807) is 0 Å². The molecule has 2 nitrogen and oxygen atoms in total. The summed E-state index contributed by atoms with van der Waals surface area (Å²) in [6.45, 7) is 5.43. The Kier molecular flexibility index (Phi) is 4.37. The van der Waals surface area contributed by atoms with Crippen molar-refractivity contribution in [2.75, 3.05) is 13.7 Å². The number of ether oxygens (including phenoxy) is 1. The van der Waals surface area contributed by atoms with Crippen LogP contribution >= 0.6 is 0 Å². The molecule has 2 atom stereocenters. The fourth-order valence-electron chi connectivity index (χ4n) is 4.65. The Morgan fingerprint density at radius 1 is 1.19 bits per heavy atom. The van der Waals surface area contributed by atoms with E-state index in [9.17, 15) is 0 Å². The molecule has 21 heavy (non-hydrogen) atoms. The van der Waals surface area contributed by atoms with E-state index < -0.39 is 0 Å². The van der Waals surface area contributed by atoms with Crippen LogP contribution in [0.2, 0.25) is 0 Å². The molecule has 1 saturated heterocycles. The van der Waals surface area contributed by atoms with Crippen LogP contribution in [0.4, 0.5) is 0 Å². The molecule has 0 aromatic heterocycles. The van der Waals surface area contributed by atoms with Crippen molar-refractivity contribution in [2.45, 2.75) is 64.0 Å². The molecule has 116 valence electrons. The van der Waals surface area contributed by atoms with Gasteiger partial charge in [0, 0.05) is 12.6 Å². The lowest BCUT2D eigenvalue weighted by atomic mass is 9.77. The van der Waals surface area contributed by atoms with Crippen molar-refractivity contribution < 1.29 is 4.74 Å². The highest BCUT2D eigenvalue weighted by atomic mass is 16.5. The molecular weight excluding hydrogens is 258 g/mol. The van der Waals surface area contributed by atoms with Crippen molar-refractivity contribution in [1.29, 1.82) is 0 Å². The summed E-state index contributed by atoms with van der Waals surface area (Å²) in [6.07, 6.45) is 7.65. The standard InChI is InChI=1S/C19H29NO/c1-14-7-6-8-15(2)17(14)18(20-3)16-9-12-21-19(13-16)10-4-5-11-19/h6-8,16,18,20H,4-5,9-13H2,1-3H3. The van der Waals surface area contributed by atoms with Crippen LogP contribution in [-0.2, 0) is 4.74 Å². The summed E-state index contributed by atoms with van der Waals surface area (Å²) >= 11 is 0. The Balaban J connectivity index is 1.86. The molecule has 1 aromatic carbocycles. The highest BCUT2D eigenvalue weighted by Gasteiger charge is 2.42. The van der Waals surface area contributed by atoms with Crippen LogP contribution in [-0.4, -0.2) is 19.3 Å². The van der Waals surface area contributed by atoms with Gasteiger partial charge in [0.05, 0.1) is 5.60 Å². The number of nitrogens with one attached hydrogen (secondary N) is 1. The molecular formula is C19H29NO. The summed E-state index contributed by atoms with van der Waals surface area (Å²) in [5.74, 6) is 0.696. The fraction of sp³-hybridized carbons (Fsp3) is 0.684. The maximum atomic E-state index is 6.22. The van der Waals surface area contributed by atoms with Crippen molar-refractivity contribution in [2.24, 2.45) is 5.92 Å². The molecule has 1 aliphatic carbocycles. The zero-order valence-electron chi connectivity index (χ0n) is 13.7. The summed E-state index contributed by atoms with van der Waals surface area (Å²) in [4.78, 5) is 0. The number of benzene rings is 1. The van der Waals surface area contributed by atoms with E-state index in [4.69, 9.17) is 4.74 Å². The molecule has 2 fully saturated rings. The fourth-order valence-corrected chi connectivity index (χ4v) is 4.65. The molecule has 1 saturated carbocycles. The minimum absolute atomic E-state index is 0.203. The molecule has 1 aromatic rings. The molecule has 1 spiro atoms. The van der Waals surface area contributed by atoms with Crippen LogP contribution in [0.5, 0.6) is 0 Å². The van der Waals surface area contributed by atoms with Gasteiger partial charge in [0.2, 0.25) is 0 Å². The van der Waals surface area contributed by atoms with Gasteiger partial charge in [-0.1, -0.05) is 31.0 Å². The van der Waals surface area contributed by atoms with Gasteiger partial charge in [-0.3, -0.25) is 0 Å². The van der Waals surface area contributed by atoms with Crippen molar-refractivity contribution in [3.05, 3.63) is 34.9 Å². The van der Waals surface area contributed by atoms with E-state index in [0.29, 0.717) is 12.0 Å². The largest absolute Gasteiger partial charge is 0.375 e. The van der Waals surface area contributed by atoms with Gasteiger partial charge in [-0.05, 0) is 69.2 Å². The van der Waals surface area contributed by atoms with Gasteiger partial charge < -0.3 is 10.1 Å². The normalized spacial score (nSPS) is 26.1. The second-order valence-corrected chi connectivity index (χ2v) is 7.06. The Hall–Kier alpha value is -0.860. The smallest absolute Gasteiger partial charge is 0.0686 e. The average Bonchev–Trinajstić information content (AvgIpc) is 2.91. The lowest BCUT2D eigenvalue weighted by Crippen LogP contribution is -2.41. The monoisotopic (exact) mass is 287 g/mol. The van der Waals surface area contributed by atoms with E-state index >= 15 is 0 Å².